The maximum atomic E-state index is 12.0. The van der Waals surface area contributed by atoms with E-state index in [0.29, 0.717) is 11.3 Å². The molecule has 1 aromatic rings. The first-order valence-electron chi connectivity index (χ1n) is 4.89. The van der Waals surface area contributed by atoms with Crippen LogP contribution < -0.4 is 10.5 Å². The van der Waals surface area contributed by atoms with E-state index >= 15 is 0 Å². The number of halogens is 3. The number of hydrogen-bond donors (Lipinski definition) is 1. The summed E-state index contributed by atoms with van der Waals surface area (Å²) in [6.45, 7) is 0. The Bertz CT molecular complexity index is 338. The molecule has 0 bridgehead atoms. The molecule has 90 valence electrons. The second-order valence-electron chi connectivity index (χ2n) is 3.50. The van der Waals surface area contributed by atoms with E-state index in [9.17, 15) is 13.2 Å². The SMILES string of the molecule is COc1ccccc1C(N)CCC(F)(F)F. The lowest BCUT2D eigenvalue weighted by atomic mass is 10.0. The molecule has 16 heavy (non-hydrogen) atoms. The minimum atomic E-state index is -4.17. The molecule has 0 saturated heterocycles. The van der Waals surface area contributed by atoms with Gasteiger partial charge in [-0.1, -0.05) is 18.2 Å². The Morgan fingerprint density at radius 1 is 1.31 bits per heavy atom. The number of alkyl halides is 3. The molecule has 0 radical (unpaired) electrons. The fraction of sp³-hybridized carbons (Fsp3) is 0.455. The highest BCUT2D eigenvalue weighted by molar-refractivity contribution is 5.35. The molecule has 0 aliphatic rings. The standard InChI is InChI=1S/C11H14F3NO/c1-16-10-5-3-2-4-8(10)9(15)6-7-11(12,13)14/h2-5,9H,6-7,15H2,1H3. The third-order valence-corrected chi connectivity index (χ3v) is 2.28. The van der Waals surface area contributed by atoms with Gasteiger partial charge in [-0.25, -0.2) is 0 Å². The minimum absolute atomic E-state index is 0.135. The average molecular weight is 233 g/mol. The van der Waals surface area contributed by atoms with Crippen LogP contribution in [0, 0.1) is 0 Å². The van der Waals surface area contributed by atoms with Crippen LogP contribution in [0.5, 0.6) is 5.75 Å². The van der Waals surface area contributed by atoms with E-state index in [1.807, 2.05) is 0 Å². The monoisotopic (exact) mass is 233 g/mol. The zero-order valence-corrected chi connectivity index (χ0v) is 8.92. The van der Waals surface area contributed by atoms with Crippen molar-refractivity contribution in [2.24, 2.45) is 5.73 Å². The fourth-order valence-electron chi connectivity index (χ4n) is 1.45. The van der Waals surface area contributed by atoms with E-state index in [-0.39, 0.29) is 6.42 Å². The Labute approximate surface area is 92.2 Å². The second kappa shape index (κ2) is 5.21. The second-order valence-corrected chi connectivity index (χ2v) is 3.50. The lowest BCUT2D eigenvalue weighted by Gasteiger charge is -2.16. The maximum Gasteiger partial charge on any atom is 0.389 e. The zero-order chi connectivity index (χ0) is 12.2. The van der Waals surface area contributed by atoms with E-state index in [1.54, 1.807) is 24.3 Å². The quantitative estimate of drug-likeness (QED) is 0.867. The predicted molar refractivity (Wildman–Crippen MR) is 55.2 cm³/mol. The lowest BCUT2D eigenvalue weighted by Crippen LogP contribution is -2.16. The largest absolute Gasteiger partial charge is 0.496 e. The smallest absolute Gasteiger partial charge is 0.389 e. The van der Waals surface area contributed by atoms with Crippen LogP contribution in [-0.4, -0.2) is 13.3 Å². The molecule has 1 aromatic carbocycles. The summed E-state index contributed by atoms with van der Waals surface area (Å²) in [7, 11) is 1.47. The van der Waals surface area contributed by atoms with E-state index in [1.165, 1.54) is 7.11 Å². The van der Waals surface area contributed by atoms with Gasteiger partial charge >= 0.3 is 6.18 Å². The van der Waals surface area contributed by atoms with Crippen LogP contribution in [0.25, 0.3) is 0 Å². The molecular weight excluding hydrogens is 219 g/mol. The van der Waals surface area contributed by atoms with Crippen LogP contribution in [0.2, 0.25) is 0 Å². The van der Waals surface area contributed by atoms with Crippen molar-refractivity contribution in [1.82, 2.24) is 0 Å². The molecule has 0 fully saturated rings. The number of rotatable bonds is 4. The van der Waals surface area contributed by atoms with Crippen LogP contribution in [0.15, 0.2) is 24.3 Å². The molecule has 2 N–H and O–H groups in total. The van der Waals surface area contributed by atoms with Crippen molar-refractivity contribution in [3.63, 3.8) is 0 Å². The number of ether oxygens (including phenoxy) is 1. The van der Waals surface area contributed by atoms with Gasteiger partial charge in [-0.3, -0.25) is 0 Å². The normalized spacial score (nSPS) is 13.6. The molecule has 1 rings (SSSR count). The van der Waals surface area contributed by atoms with Gasteiger partial charge in [0.05, 0.1) is 7.11 Å². The maximum absolute atomic E-state index is 12.0. The molecule has 0 aliphatic carbocycles. The summed E-state index contributed by atoms with van der Waals surface area (Å²) < 4.78 is 41.1. The Morgan fingerprint density at radius 3 is 2.50 bits per heavy atom. The average Bonchev–Trinajstić information content (AvgIpc) is 2.25. The van der Waals surface area contributed by atoms with Gasteiger partial charge in [0.1, 0.15) is 5.75 Å². The molecule has 0 spiro atoms. The highest BCUT2D eigenvalue weighted by Gasteiger charge is 2.28. The summed E-state index contributed by atoms with van der Waals surface area (Å²) in [6, 6.07) is 6.19. The molecular formula is C11H14F3NO. The number of benzene rings is 1. The molecule has 0 amide bonds. The van der Waals surface area contributed by atoms with Crippen molar-refractivity contribution >= 4 is 0 Å². The van der Waals surface area contributed by atoms with Crippen LogP contribution in [0.1, 0.15) is 24.4 Å². The van der Waals surface area contributed by atoms with E-state index in [2.05, 4.69) is 0 Å². The van der Waals surface area contributed by atoms with Gasteiger partial charge < -0.3 is 10.5 Å². The summed E-state index contributed by atoms with van der Waals surface area (Å²) in [5.41, 5.74) is 6.30. The third-order valence-electron chi connectivity index (χ3n) is 2.28. The number of para-hydroxylation sites is 1. The van der Waals surface area contributed by atoms with Crippen molar-refractivity contribution in [1.29, 1.82) is 0 Å². The number of nitrogens with two attached hydrogens (primary N) is 1. The predicted octanol–water partition coefficient (Wildman–Crippen LogP) is 3.04. The minimum Gasteiger partial charge on any atom is -0.496 e. The van der Waals surface area contributed by atoms with Crippen molar-refractivity contribution in [2.75, 3.05) is 7.11 Å². The molecule has 0 heterocycles. The molecule has 1 unspecified atom stereocenters. The summed E-state index contributed by atoms with van der Waals surface area (Å²) in [6.07, 6.45) is -5.18. The van der Waals surface area contributed by atoms with Gasteiger partial charge in [0.25, 0.3) is 0 Å². The molecule has 0 saturated carbocycles. The topological polar surface area (TPSA) is 35.2 Å². The van der Waals surface area contributed by atoms with Gasteiger partial charge in [-0.15, -0.1) is 0 Å². The molecule has 1 atom stereocenters. The molecule has 2 nitrogen and oxygen atoms in total. The van der Waals surface area contributed by atoms with Crippen molar-refractivity contribution in [2.45, 2.75) is 25.1 Å². The first-order valence-corrected chi connectivity index (χ1v) is 4.89. The fourth-order valence-corrected chi connectivity index (χ4v) is 1.45. The van der Waals surface area contributed by atoms with E-state index in [4.69, 9.17) is 10.5 Å². The van der Waals surface area contributed by atoms with Crippen molar-refractivity contribution < 1.29 is 17.9 Å². The molecule has 0 aliphatic heterocycles. The summed E-state index contributed by atoms with van der Waals surface area (Å²) in [5, 5.41) is 0. The van der Waals surface area contributed by atoms with Crippen LogP contribution in [0.4, 0.5) is 13.2 Å². The van der Waals surface area contributed by atoms with Gasteiger partial charge in [0, 0.05) is 18.0 Å². The first-order chi connectivity index (χ1) is 7.44. The number of hydrogen-bond acceptors (Lipinski definition) is 2. The zero-order valence-electron chi connectivity index (χ0n) is 8.92. The van der Waals surface area contributed by atoms with Gasteiger partial charge in [0.2, 0.25) is 0 Å². The molecule has 5 heteroatoms. The summed E-state index contributed by atoms with van der Waals surface area (Å²) >= 11 is 0. The summed E-state index contributed by atoms with van der Waals surface area (Å²) in [4.78, 5) is 0. The Balaban J connectivity index is 2.69. The van der Waals surface area contributed by atoms with Crippen LogP contribution in [-0.2, 0) is 0 Å². The van der Waals surface area contributed by atoms with Crippen LogP contribution >= 0.6 is 0 Å². The van der Waals surface area contributed by atoms with Gasteiger partial charge in [-0.2, -0.15) is 13.2 Å². The van der Waals surface area contributed by atoms with Crippen LogP contribution in [0.3, 0.4) is 0 Å². The molecule has 0 aromatic heterocycles. The number of methoxy groups -OCH3 is 1. The van der Waals surface area contributed by atoms with E-state index < -0.39 is 18.6 Å². The first kappa shape index (κ1) is 12.8. The Hall–Kier alpha value is -1.23. The van der Waals surface area contributed by atoms with Crippen molar-refractivity contribution in [3.05, 3.63) is 29.8 Å². The Kier molecular flexibility index (Phi) is 4.18. The lowest BCUT2D eigenvalue weighted by molar-refractivity contribution is -0.136. The van der Waals surface area contributed by atoms with Gasteiger partial charge in [0.15, 0.2) is 0 Å². The third kappa shape index (κ3) is 3.73. The highest BCUT2D eigenvalue weighted by Crippen LogP contribution is 2.30. The van der Waals surface area contributed by atoms with Gasteiger partial charge in [-0.05, 0) is 12.5 Å². The van der Waals surface area contributed by atoms with E-state index in [0.717, 1.165) is 0 Å². The van der Waals surface area contributed by atoms with Crippen molar-refractivity contribution in [3.8, 4) is 5.75 Å². The summed E-state index contributed by atoms with van der Waals surface area (Å²) in [5.74, 6) is 0.525. The Morgan fingerprint density at radius 2 is 1.94 bits per heavy atom. The highest BCUT2D eigenvalue weighted by atomic mass is 19.4.